The van der Waals surface area contributed by atoms with E-state index in [2.05, 4.69) is 10.3 Å². The Morgan fingerprint density at radius 3 is 2.90 bits per heavy atom. The number of ether oxygens (including phenoxy) is 1. The Kier molecular flexibility index (Phi) is 4.55. The number of para-hydroxylation sites is 2. The average molecular weight is 272 g/mol. The molecule has 0 atom stereocenters. The van der Waals surface area contributed by atoms with Crippen molar-refractivity contribution in [2.45, 2.75) is 13.3 Å². The van der Waals surface area contributed by atoms with Crippen LogP contribution in [0.1, 0.15) is 23.7 Å². The standard InChI is InChI=1S/C15H16N2O3/c1-2-7-20-14-6-4-3-5-13(14)17-15(19)11-8-12(18)10-16-9-11/h3-6,8-10,18H,2,7H2,1H3,(H,17,19). The van der Waals surface area contributed by atoms with E-state index in [1.807, 2.05) is 19.1 Å². The van der Waals surface area contributed by atoms with Gasteiger partial charge < -0.3 is 15.2 Å². The summed E-state index contributed by atoms with van der Waals surface area (Å²) in [5.41, 5.74) is 0.879. The molecule has 1 amide bonds. The summed E-state index contributed by atoms with van der Waals surface area (Å²) < 4.78 is 5.57. The Morgan fingerprint density at radius 1 is 1.35 bits per heavy atom. The number of hydrogen-bond acceptors (Lipinski definition) is 4. The molecule has 0 bridgehead atoms. The highest BCUT2D eigenvalue weighted by atomic mass is 16.5. The molecule has 2 aromatic rings. The molecule has 0 aliphatic heterocycles. The molecule has 0 unspecified atom stereocenters. The largest absolute Gasteiger partial charge is 0.506 e. The molecule has 0 spiro atoms. The molecule has 1 aromatic heterocycles. The predicted octanol–water partition coefficient (Wildman–Crippen LogP) is 2.83. The third kappa shape index (κ3) is 3.47. The van der Waals surface area contributed by atoms with Gasteiger partial charge in [-0.3, -0.25) is 9.78 Å². The Labute approximate surface area is 117 Å². The quantitative estimate of drug-likeness (QED) is 0.878. The number of carbonyl (C=O) groups is 1. The number of aromatic nitrogens is 1. The van der Waals surface area contributed by atoms with Gasteiger partial charge in [-0.1, -0.05) is 19.1 Å². The van der Waals surface area contributed by atoms with Crippen LogP contribution >= 0.6 is 0 Å². The normalized spacial score (nSPS) is 10.1. The van der Waals surface area contributed by atoms with Crippen molar-refractivity contribution >= 4 is 11.6 Å². The van der Waals surface area contributed by atoms with Gasteiger partial charge in [0, 0.05) is 6.20 Å². The van der Waals surface area contributed by atoms with Crippen molar-refractivity contribution < 1.29 is 14.6 Å². The maximum Gasteiger partial charge on any atom is 0.257 e. The van der Waals surface area contributed by atoms with E-state index in [4.69, 9.17) is 4.74 Å². The average Bonchev–Trinajstić information content (AvgIpc) is 2.46. The van der Waals surface area contributed by atoms with Crippen molar-refractivity contribution in [1.29, 1.82) is 0 Å². The van der Waals surface area contributed by atoms with Crippen LogP contribution in [0.3, 0.4) is 0 Å². The second-order valence-electron chi connectivity index (χ2n) is 4.23. The lowest BCUT2D eigenvalue weighted by atomic mass is 10.2. The summed E-state index contributed by atoms with van der Waals surface area (Å²) in [5, 5.41) is 12.1. The molecule has 5 heteroatoms. The number of carbonyl (C=O) groups excluding carboxylic acids is 1. The first-order valence-corrected chi connectivity index (χ1v) is 6.38. The fourth-order valence-electron chi connectivity index (χ4n) is 1.65. The van der Waals surface area contributed by atoms with Crippen LogP contribution in [0.2, 0.25) is 0 Å². The van der Waals surface area contributed by atoms with Crippen LogP contribution in [-0.4, -0.2) is 22.6 Å². The van der Waals surface area contributed by atoms with Crippen LogP contribution in [-0.2, 0) is 0 Å². The maximum atomic E-state index is 12.1. The van der Waals surface area contributed by atoms with E-state index >= 15 is 0 Å². The second-order valence-corrected chi connectivity index (χ2v) is 4.23. The van der Waals surface area contributed by atoms with Gasteiger partial charge in [-0.2, -0.15) is 0 Å². The maximum absolute atomic E-state index is 12.1. The number of aromatic hydroxyl groups is 1. The summed E-state index contributed by atoms with van der Waals surface area (Å²) in [6.45, 7) is 2.60. The highest BCUT2D eigenvalue weighted by molar-refractivity contribution is 6.05. The van der Waals surface area contributed by atoms with Crippen molar-refractivity contribution in [3.63, 3.8) is 0 Å². The fraction of sp³-hybridized carbons (Fsp3) is 0.200. The van der Waals surface area contributed by atoms with Crippen molar-refractivity contribution in [2.24, 2.45) is 0 Å². The van der Waals surface area contributed by atoms with E-state index in [1.54, 1.807) is 12.1 Å². The Balaban J connectivity index is 2.15. The number of nitrogens with one attached hydrogen (secondary N) is 1. The zero-order valence-electron chi connectivity index (χ0n) is 11.2. The summed E-state index contributed by atoms with van der Waals surface area (Å²) >= 11 is 0. The lowest BCUT2D eigenvalue weighted by Crippen LogP contribution is -2.13. The highest BCUT2D eigenvalue weighted by Gasteiger charge is 2.10. The van der Waals surface area contributed by atoms with Crippen molar-refractivity contribution in [1.82, 2.24) is 4.98 Å². The molecule has 1 aromatic carbocycles. The number of benzene rings is 1. The molecule has 2 rings (SSSR count). The van der Waals surface area contributed by atoms with E-state index in [0.717, 1.165) is 6.42 Å². The highest BCUT2D eigenvalue weighted by Crippen LogP contribution is 2.24. The predicted molar refractivity (Wildman–Crippen MR) is 76.1 cm³/mol. The molecule has 104 valence electrons. The lowest BCUT2D eigenvalue weighted by Gasteiger charge is -2.11. The first kappa shape index (κ1) is 13.9. The molecule has 0 radical (unpaired) electrons. The number of rotatable bonds is 5. The van der Waals surface area contributed by atoms with Crippen molar-refractivity contribution in [3.8, 4) is 11.5 Å². The van der Waals surface area contributed by atoms with E-state index < -0.39 is 0 Å². The van der Waals surface area contributed by atoms with Gasteiger partial charge in [0.05, 0.1) is 24.1 Å². The van der Waals surface area contributed by atoms with E-state index in [-0.39, 0.29) is 17.2 Å². The van der Waals surface area contributed by atoms with Crippen molar-refractivity contribution in [3.05, 3.63) is 48.3 Å². The van der Waals surface area contributed by atoms with Crippen LogP contribution in [0.4, 0.5) is 5.69 Å². The molecule has 20 heavy (non-hydrogen) atoms. The van der Waals surface area contributed by atoms with Gasteiger partial charge in [0.1, 0.15) is 11.5 Å². The van der Waals surface area contributed by atoms with Crippen LogP contribution in [0.15, 0.2) is 42.7 Å². The van der Waals surface area contributed by atoms with E-state index in [1.165, 1.54) is 18.5 Å². The second kappa shape index (κ2) is 6.56. The fourth-order valence-corrected chi connectivity index (χ4v) is 1.65. The van der Waals surface area contributed by atoms with Gasteiger partial charge in [0.15, 0.2) is 0 Å². The van der Waals surface area contributed by atoms with Gasteiger partial charge in [-0.15, -0.1) is 0 Å². The molecule has 5 nitrogen and oxygen atoms in total. The molecule has 0 fully saturated rings. The monoisotopic (exact) mass is 272 g/mol. The minimum Gasteiger partial charge on any atom is -0.506 e. The third-order valence-electron chi connectivity index (χ3n) is 2.58. The number of amides is 1. The third-order valence-corrected chi connectivity index (χ3v) is 2.58. The van der Waals surface area contributed by atoms with E-state index in [0.29, 0.717) is 18.0 Å². The lowest BCUT2D eigenvalue weighted by molar-refractivity contribution is 0.102. The van der Waals surface area contributed by atoms with Crippen LogP contribution < -0.4 is 10.1 Å². The minimum absolute atomic E-state index is 0.0480. The van der Waals surface area contributed by atoms with Crippen molar-refractivity contribution in [2.75, 3.05) is 11.9 Å². The van der Waals surface area contributed by atoms with Crippen LogP contribution in [0.5, 0.6) is 11.5 Å². The SMILES string of the molecule is CCCOc1ccccc1NC(=O)c1cncc(O)c1. The molecule has 0 saturated carbocycles. The summed E-state index contributed by atoms with van der Waals surface area (Å²) in [6.07, 6.45) is 3.55. The summed E-state index contributed by atoms with van der Waals surface area (Å²) in [7, 11) is 0. The zero-order valence-corrected chi connectivity index (χ0v) is 11.2. The Hall–Kier alpha value is -2.56. The van der Waals surface area contributed by atoms with Gasteiger partial charge >= 0.3 is 0 Å². The molecule has 0 saturated heterocycles. The van der Waals surface area contributed by atoms with Crippen LogP contribution in [0.25, 0.3) is 0 Å². The Morgan fingerprint density at radius 2 is 2.15 bits per heavy atom. The Bertz CT molecular complexity index is 599. The number of hydrogen-bond donors (Lipinski definition) is 2. The molecule has 0 aliphatic rings. The molecular formula is C15H16N2O3. The number of anilines is 1. The van der Waals surface area contributed by atoms with E-state index in [9.17, 15) is 9.90 Å². The number of pyridine rings is 1. The van der Waals surface area contributed by atoms with Gasteiger partial charge in [0.25, 0.3) is 5.91 Å². The molecule has 1 heterocycles. The summed E-state index contributed by atoms with van der Waals surface area (Å²) in [6, 6.07) is 8.58. The summed E-state index contributed by atoms with van der Waals surface area (Å²) in [4.78, 5) is 15.9. The minimum atomic E-state index is -0.346. The molecule has 2 N–H and O–H groups in total. The molecule has 0 aliphatic carbocycles. The van der Waals surface area contributed by atoms with Crippen LogP contribution in [0, 0.1) is 0 Å². The first-order chi connectivity index (χ1) is 9.70. The van der Waals surface area contributed by atoms with Gasteiger partial charge in [0.2, 0.25) is 0 Å². The topological polar surface area (TPSA) is 71.5 Å². The smallest absolute Gasteiger partial charge is 0.257 e. The summed E-state index contributed by atoms with van der Waals surface area (Å²) in [5.74, 6) is 0.227. The van der Waals surface area contributed by atoms with Gasteiger partial charge in [-0.05, 0) is 24.6 Å². The van der Waals surface area contributed by atoms with Gasteiger partial charge in [-0.25, -0.2) is 0 Å². The first-order valence-electron chi connectivity index (χ1n) is 6.38. The molecular weight excluding hydrogens is 256 g/mol. The zero-order chi connectivity index (χ0) is 14.4. The number of nitrogens with zero attached hydrogens (tertiary/aromatic N) is 1.